The van der Waals surface area contributed by atoms with Crippen molar-refractivity contribution < 1.29 is 87.7 Å². The van der Waals surface area contributed by atoms with Gasteiger partial charge in [0.05, 0.1) is 0 Å². The van der Waals surface area contributed by atoms with E-state index in [2.05, 4.69) is 0 Å². The molecule has 0 aliphatic rings. The first kappa shape index (κ1) is 15.7. The van der Waals surface area contributed by atoms with E-state index in [4.69, 9.17) is 16.8 Å². The van der Waals surface area contributed by atoms with Gasteiger partial charge in [-0.1, -0.05) is 4.53 Å². The first-order valence-corrected chi connectivity index (χ1v) is 1.85. The molecule has 0 rings (SSSR count). The summed E-state index contributed by atoms with van der Waals surface area (Å²) in [5.41, 5.74) is 0. The Balaban J connectivity index is -0.0000000275. The molecule has 0 heterocycles. The Morgan fingerprint density at radius 2 is 1.67 bits per heavy atom. The standard InChI is InChI=1S/FHO.K.2O.Ti/c1-2;;;;/h2H;;;;/q;+1;;-1;. The van der Waals surface area contributed by atoms with Gasteiger partial charge >= 0.3 is 77.9 Å². The van der Waals surface area contributed by atoms with Gasteiger partial charge in [0.15, 0.2) is 0 Å². The van der Waals surface area contributed by atoms with E-state index in [1.165, 1.54) is 0 Å². The number of rotatable bonds is 0. The molecular weight excluding hydrogens is 154 g/mol. The SMILES string of the molecule is OF.[K+].[O]=[Ti][O-]. The van der Waals surface area contributed by atoms with E-state index in [1.54, 1.807) is 0 Å². The third kappa shape index (κ3) is 37.5. The van der Waals surface area contributed by atoms with E-state index in [1.807, 2.05) is 0 Å². The monoisotopic (exact) mass is 155 g/mol. The third-order valence-corrected chi connectivity index (χ3v) is 0. The van der Waals surface area contributed by atoms with E-state index in [0.717, 1.165) is 0 Å². The Bertz CT molecular complexity index is 18.3. The molecule has 0 aliphatic carbocycles. The van der Waals surface area contributed by atoms with Crippen LogP contribution in [0.3, 0.4) is 0 Å². The molecule has 0 fully saturated rings. The van der Waals surface area contributed by atoms with Crippen molar-refractivity contribution in [1.29, 1.82) is 0 Å². The van der Waals surface area contributed by atoms with Crippen LogP contribution in [0.15, 0.2) is 0 Å². The van der Waals surface area contributed by atoms with E-state index < -0.39 is 19.5 Å². The van der Waals surface area contributed by atoms with Crippen LogP contribution < -0.4 is 55.1 Å². The van der Waals surface area contributed by atoms with E-state index in [0.29, 0.717) is 0 Å². The summed E-state index contributed by atoms with van der Waals surface area (Å²) in [6, 6.07) is 0. The Labute approximate surface area is 86.0 Å². The van der Waals surface area contributed by atoms with Gasteiger partial charge in [-0.05, 0) is 0 Å². The fraction of sp³-hybridized carbons (Fsp3) is 0. The molecule has 0 aromatic heterocycles. The van der Waals surface area contributed by atoms with Gasteiger partial charge in [0.1, 0.15) is 0 Å². The van der Waals surface area contributed by atoms with Crippen molar-refractivity contribution in [2.45, 2.75) is 0 Å². The molecule has 0 aromatic rings. The van der Waals surface area contributed by atoms with Crippen molar-refractivity contribution in [2.75, 3.05) is 0 Å². The van der Waals surface area contributed by atoms with Crippen molar-refractivity contribution in [2.24, 2.45) is 0 Å². The Hall–Kier alpha value is 2.00. The molecule has 1 N–H and O–H groups in total. The first-order valence-electron chi connectivity index (χ1n) is 0.577. The van der Waals surface area contributed by atoms with Crippen LogP contribution >= 0.6 is 0 Å². The van der Waals surface area contributed by atoms with Crippen LogP contribution in [0, 0.1) is 0 Å². The molecule has 6 heavy (non-hydrogen) atoms. The van der Waals surface area contributed by atoms with Gasteiger partial charge < -0.3 is 0 Å². The maximum absolute atomic E-state index is 8.50. The second kappa shape index (κ2) is 28.0. The zero-order valence-corrected chi connectivity index (χ0v) is 7.83. The van der Waals surface area contributed by atoms with Crippen molar-refractivity contribution in [3.63, 3.8) is 0 Å². The summed E-state index contributed by atoms with van der Waals surface area (Å²) in [4.78, 5) is 0. The Morgan fingerprint density at radius 1 is 1.67 bits per heavy atom. The molecule has 0 aromatic carbocycles. The molecule has 0 aliphatic heterocycles. The van der Waals surface area contributed by atoms with Gasteiger partial charge in [-0.2, -0.15) is 0 Å². The minimum atomic E-state index is -2.00. The molecule has 0 amide bonds. The summed E-state index contributed by atoms with van der Waals surface area (Å²) in [6.45, 7) is 0. The van der Waals surface area contributed by atoms with Crippen LogP contribution in [-0.4, -0.2) is 5.31 Å². The summed E-state index contributed by atoms with van der Waals surface area (Å²) in [7, 11) is 0. The normalized spacial score (nSPS) is 2.50. The van der Waals surface area contributed by atoms with E-state index in [-0.39, 0.29) is 51.4 Å². The molecular formula is HFKO3Ti. The average molecular weight is 155 g/mol. The van der Waals surface area contributed by atoms with Crippen LogP contribution in [0.4, 0.5) is 4.53 Å². The van der Waals surface area contributed by atoms with Crippen molar-refractivity contribution in [3.05, 3.63) is 0 Å². The maximum atomic E-state index is 8.50. The Morgan fingerprint density at radius 3 is 1.67 bits per heavy atom. The number of hydrogen-bond donors (Lipinski definition) is 1. The van der Waals surface area contributed by atoms with Crippen LogP contribution in [0.2, 0.25) is 0 Å². The molecule has 0 radical (unpaired) electrons. The third-order valence-electron chi connectivity index (χ3n) is 0. The van der Waals surface area contributed by atoms with Gasteiger partial charge in [0.2, 0.25) is 0 Å². The second-order valence-corrected chi connectivity index (χ2v) is 0.344. The summed E-state index contributed by atoms with van der Waals surface area (Å²) in [6.07, 6.45) is 0. The van der Waals surface area contributed by atoms with Crippen LogP contribution in [-0.2, 0) is 22.8 Å². The van der Waals surface area contributed by atoms with Crippen LogP contribution in [0.25, 0.3) is 0 Å². The van der Waals surface area contributed by atoms with Crippen LogP contribution in [0.1, 0.15) is 0 Å². The molecule has 0 spiro atoms. The summed E-state index contributed by atoms with van der Waals surface area (Å²) >= 11 is -2.00. The number of halogens is 1. The molecule has 0 unspecified atom stereocenters. The molecule has 6 heteroatoms. The topological polar surface area (TPSA) is 60.4 Å². The molecule has 0 saturated carbocycles. The van der Waals surface area contributed by atoms with Gasteiger partial charge in [-0.3, -0.25) is 0 Å². The van der Waals surface area contributed by atoms with Gasteiger partial charge in [0, 0.05) is 0 Å². The fourth-order valence-electron chi connectivity index (χ4n) is 0. The Kier molecular flexibility index (Phi) is 73.2. The quantitative estimate of drug-likeness (QED) is 0.359. The van der Waals surface area contributed by atoms with E-state index in [9.17, 15) is 0 Å². The van der Waals surface area contributed by atoms with Crippen molar-refractivity contribution in [3.8, 4) is 0 Å². The second-order valence-electron chi connectivity index (χ2n) is 0.0833. The van der Waals surface area contributed by atoms with Gasteiger partial charge in [-0.15, -0.1) is 0 Å². The summed E-state index contributed by atoms with van der Waals surface area (Å²) < 4.78 is 25.5. The first-order chi connectivity index (χ1) is 2.41. The number of hydrogen-bond acceptors (Lipinski definition) is 3. The summed E-state index contributed by atoms with van der Waals surface area (Å²) in [5.74, 6) is 0. The van der Waals surface area contributed by atoms with Gasteiger partial charge in [0.25, 0.3) is 0 Å². The molecule has 3 nitrogen and oxygen atoms in total. The van der Waals surface area contributed by atoms with Crippen LogP contribution in [0.5, 0.6) is 0 Å². The van der Waals surface area contributed by atoms with Crippen molar-refractivity contribution in [1.82, 2.24) is 0 Å². The molecule has 0 atom stereocenters. The van der Waals surface area contributed by atoms with Gasteiger partial charge in [-0.25, -0.2) is 5.31 Å². The minimum absolute atomic E-state index is 0. The molecule has 0 saturated heterocycles. The summed E-state index contributed by atoms with van der Waals surface area (Å²) in [5, 5.41) is 5.50. The fourth-order valence-corrected chi connectivity index (χ4v) is 0. The predicted molar refractivity (Wildman–Crippen MR) is 4.01 cm³/mol. The predicted octanol–water partition coefficient (Wildman–Crippen LogP) is -4.44. The molecule has 0 bridgehead atoms. The molecule has 31 valence electrons. The van der Waals surface area contributed by atoms with E-state index >= 15 is 0 Å². The van der Waals surface area contributed by atoms with Crippen molar-refractivity contribution >= 4 is 0 Å². The average Bonchev–Trinajstić information content (AvgIpc) is 1.46. The zero-order chi connectivity index (χ0) is 4.71. The zero-order valence-electron chi connectivity index (χ0n) is 3.14.